The van der Waals surface area contributed by atoms with Gasteiger partial charge < -0.3 is 4.90 Å². The molecule has 1 aromatic carbocycles. The highest BCUT2D eigenvalue weighted by atomic mass is 35.5. The Morgan fingerprint density at radius 1 is 1.15 bits per heavy atom. The van der Waals surface area contributed by atoms with Crippen molar-refractivity contribution < 1.29 is 4.79 Å². The molecule has 0 aromatic heterocycles. The monoisotopic (exact) mass is 219 g/mol. The lowest BCUT2D eigenvalue weighted by Crippen LogP contribution is -2.06. The molecule has 4 heteroatoms. The van der Waals surface area contributed by atoms with Crippen molar-refractivity contribution in [2.45, 2.75) is 0 Å². The largest absolute Gasteiger partial charge is 0.351 e. The minimum absolute atomic E-state index is 0.606. The molecule has 72 valence electrons. The minimum Gasteiger partial charge on any atom is -0.351 e. The van der Waals surface area contributed by atoms with Gasteiger partial charge in [-0.15, -0.1) is 0 Å². The van der Waals surface area contributed by atoms with E-state index in [1.165, 1.54) is 4.90 Å². The molecule has 0 spiro atoms. The maximum Gasteiger partial charge on any atom is 0.209 e. The van der Waals surface area contributed by atoms with E-state index in [-0.39, 0.29) is 0 Å². The molecule has 0 radical (unpaired) electrons. The van der Waals surface area contributed by atoms with Gasteiger partial charge in [0.05, 0.1) is 10.0 Å². The number of amides is 1. The van der Waals surface area contributed by atoms with Gasteiger partial charge in [0, 0.05) is 14.1 Å². The van der Waals surface area contributed by atoms with Crippen LogP contribution >= 0.6 is 23.2 Å². The second-order valence-corrected chi connectivity index (χ2v) is 3.30. The number of hydrogen-bond acceptors (Lipinski definition) is 1. The van der Waals surface area contributed by atoms with Gasteiger partial charge in [-0.3, -0.25) is 4.79 Å². The molecule has 0 heterocycles. The molecule has 1 amide bonds. The van der Waals surface area contributed by atoms with E-state index in [0.717, 1.165) is 6.41 Å². The van der Waals surface area contributed by atoms with Gasteiger partial charge in [-0.25, -0.2) is 0 Å². The lowest BCUT2D eigenvalue weighted by Gasteiger charge is -1.93. The van der Waals surface area contributed by atoms with Crippen LogP contribution in [0.15, 0.2) is 24.3 Å². The predicted octanol–water partition coefficient (Wildman–Crippen LogP) is 2.70. The topological polar surface area (TPSA) is 20.3 Å². The molecule has 0 saturated carbocycles. The van der Waals surface area contributed by atoms with Crippen LogP contribution in [0.25, 0.3) is 0 Å². The van der Waals surface area contributed by atoms with Gasteiger partial charge in [-0.1, -0.05) is 35.3 Å². The van der Waals surface area contributed by atoms with Crippen molar-refractivity contribution in [2.24, 2.45) is 0 Å². The zero-order valence-electron chi connectivity index (χ0n) is 7.50. The SMILES string of the molecule is CN(C)C=O.Clc1ccccc1Cl. The normalized spacial score (nSPS) is 8.31. The number of halogens is 2. The van der Waals surface area contributed by atoms with Gasteiger partial charge in [0.15, 0.2) is 0 Å². The van der Waals surface area contributed by atoms with E-state index in [1.54, 1.807) is 26.2 Å². The molecule has 0 aliphatic heterocycles. The van der Waals surface area contributed by atoms with E-state index in [9.17, 15) is 4.79 Å². The zero-order chi connectivity index (χ0) is 10.3. The Morgan fingerprint density at radius 2 is 1.46 bits per heavy atom. The number of carbonyl (C=O) groups excluding carboxylic acids is 1. The summed E-state index contributed by atoms with van der Waals surface area (Å²) < 4.78 is 0. The summed E-state index contributed by atoms with van der Waals surface area (Å²) in [6.07, 6.45) is 0.750. The molecule has 0 unspecified atom stereocenters. The Balaban J connectivity index is 0.000000252. The number of nitrogens with zero attached hydrogens (tertiary/aromatic N) is 1. The van der Waals surface area contributed by atoms with Crippen molar-refractivity contribution in [3.63, 3.8) is 0 Å². The highest BCUT2D eigenvalue weighted by Crippen LogP contribution is 2.19. The van der Waals surface area contributed by atoms with Gasteiger partial charge in [0.25, 0.3) is 0 Å². The number of rotatable bonds is 1. The first-order valence-electron chi connectivity index (χ1n) is 3.59. The first-order valence-corrected chi connectivity index (χ1v) is 4.35. The third kappa shape index (κ3) is 6.43. The van der Waals surface area contributed by atoms with E-state index in [2.05, 4.69) is 0 Å². The summed E-state index contributed by atoms with van der Waals surface area (Å²) >= 11 is 11.2. The number of carbonyl (C=O) groups is 1. The third-order valence-electron chi connectivity index (χ3n) is 1.04. The highest BCUT2D eigenvalue weighted by molar-refractivity contribution is 6.41. The van der Waals surface area contributed by atoms with Crippen molar-refractivity contribution in [1.82, 2.24) is 4.90 Å². The maximum absolute atomic E-state index is 9.43. The Labute approximate surface area is 88.1 Å². The van der Waals surface area contributed by atoms with E-state index in [1.807, 2.05) is 12.1 Å². The van der Waals surface area contributed by atoms with Crippen LogP contribution < -0.4 is 0 Å². The molecule has 1 aromatic rings. The summed E-state index contributed by atoms with van der Waals surface area (Å²) in [5.41, 5.74) is 0. The second-order valence-electron chi connectivity index (χ2n) is 2.48. The quantitative estimate of drug-likeness (QED) is 0.666. The molecular weight excluding hydrogens is 209 g/mol. The van der Waals surface area contributed by atoms with Gasteiger partial charge in [-0.05, 0) is 12.1 Å². The van der Waals surface area contributed by atoms with Crippen LogP contribution in [0.1, 0.15) is 0 Å². The van der Waals surface area contributed by atoms with E-state index < -0.39 is 0 Å². The van der Waals surface area contributed by atoms with Crippen molar-refractivity contribution in [1.29, 1.82) is 0 Å². The fourth-order valence-corrected chi connectivity index (χ4v) is 0.711. The van der Waals surface area contributed by atoms with Crippen LogP contribution in [-0.2, 0) is 4.79 Å². The Hall–Kier alpha value is -0.730. The molecule has 13 heavy (non-hydrogen) atoms. The molecule has 0 bridgehead atoms. The van der Waals surface area contributed by atoms with Gasteiger partial charge in [-0.2, -0.15) is 0 Å². The fourth-order valence-electron chi connectivity index (χ4n) is 0.439. The van der Waals surface area contributed by atoms with Crippen molar-refractivity contribution in [3.05, 3.63) is 34.3 Å². The molecule has 0 saturated heterocycles. The van der Waals surface area contributed by atoms with Crippen LogP contribution in [0.4, 0.5) is 0 Å². The molecular formula is C9H11Cl2NO. The lowest BCUT2D eigenvalue weighted by atomic mass is 10.4. The van der Waals surface area contributed by atoms with E-state index >= 15 is 0 Å². The highest BCUT2D eigenvalue weighted by Gasteiger charge is 1.89. The Kier molecular flexibility index (Phi) is 6.37. The minimum atomic E-state index is 0.606. The van der Waals surface area contributed by atoms with Crippen LogP contribution in [0.3, 0.4) is 0 Å². The number of benzene rings is 1. The Morgan fingerprint density at radius 3 is 1.62 bits per heavy atom. The first kappa shape index (κ1) is 12.3. The molecule has 0 atom stereocenters. The summed E-state index contributed by atoms with van der Waals surface area (Å²) in [5, 5.41) is 1.21. The summed E-state index contributed by atoms with van der Waals surface area (Å²) in [4.78, 5) is 10.9. The van der Waals surface area contributed by atoms with E-state index in [4.69, 9.17) is 23.2 Å². The van der Waals surface area contributed by atoms with Crippen molar-refractivity contribution in [2.75, 3.05) is 14.1 Å². The fraction of sp³-hybridized carbons (Fsp3) is 0.222. The zero-order valence-corrected chi connectivity index (χ0v) is 9.01. The smallest absolute Gasteiger partial charge is 0.209 e. The lowest BCUT2D eigenvalue weighted by molar-refractivity contribution is -0.115. The molecule has 0 aliphatic carbocycles. The van der Waals surface area contributed by atoms with Crippen LogP contribution in [0, 0.1) is 0 Å². The average Bonchev–Trinajstić information content (AvgIpc) is 2.11. The Bertz CT molecular complexity index is 243. The summed E-state index contributed by atoms with van der Waals surface area (Å²) in [5.74, 6) is 0. The van der Waals surface area contributed by atoms with Gasteiger partial charge in [0.1, 0.15) is 0 Å². The molecule has 0 aliphatic rings. The van der Waals surface area contributed by atoms with Crippen LogP contribution in [-0.4, -0.2) is 25.4 Å². The standard InChI is InChI=1S/C6H4Cl2.C3H7NO/c7-5-3-1-2-4-6(5)8;1-4(2)3-5/h1-4H;3H,1-2H3. The van der Waals surface area contributed by atoms with Gasteiger partial charge >= 0.3 is 0 Å². The van der Waals surface area contributed by atoms with Crippen molar-refractivity contribution >= 4 is 29.6 Å². The maximum atomic E-state index is 9.43. The molecule has 2 nitrogen and oxygen atoms in total. The summed E-state index contributed by atoms with van der Waals surface area (Å²) in [7, 11) is 3.38. The first-order chi connectivity index (χ1) is 6.07. The number of hydrogen-bond donors (Lipinski definition) is 0. The van der Waals surface area contributed by atoms with Crippen LogP contribution in [0.2, 0.25) is 10.0 Å². The van der Waals surface area contributed by atoms with Crippen molar-refractivity contribution in [3.8, 4) is 0 Å². The average molecular weight is 220 g/mol. The summed E-state index contributed by atoms with van der Waals surface area (Å²) in [6, 6.07) is 7.19. The van der Waals surface area contributed by atoms with Gasteiger partial charge in [0.2, 0.25) is 6.41 Å². The molecule has 0 fully saturated rings. The van der Waals surface area contributed by atoms with E-state index in [0.29, 0.717) is 10.0 Å². The summed E-state index contributed by atoms with van der Waals surface area (Å²) in [6.45, 7) is 0. The predicted molar refractivity (Wildman–Crippen MR) is 56.2 cm³/mol. The molecule has 1 rings (SSSR count). The molecule has 0 N–H and O–H groups in total. The van der Waals surface area contributed by atoms with Crippen LogP contribution in [0.5, 0.6) is 0 Å². The second kappa shape index (κ2) is 6.75. The third-order valence-corrected chi connectivity index (χ3v) is 1.79.